The second-order valence-electron chi connectivity index (χ2n) is 3.80. The average molecular weight is 387 g/mol. The zero-order valence-electron chi connectivity index (χ0n) is 9.19. The topological polar surface area (TPSA) is 69.4 Å². The molecule has 0 radical (unpaired) electrons. The van der Waals surface area contributed by atoms with Crippen LogP contribution in [0.2, 0.25) is 0 Å². The van der Waals surface area contributed by atoms with Crippen molar-refractivity contribution in [3.63, 3.8) is 0 Å². The summed E-state index contributed by atoms with van der Waals surface area (Å²) in [6.45, 7) is 2.06. The van der Waals surface area contributed by atoms with E-state index in [2.05, 4.69) is 31.9 Å². The van der Waals surface area contributed by atoms with Gasteiger partial charge in [-0.15, -0.1) is 0 Å². The van der Waals surface area contributed by atoms with Gasteiger partial charge in [0.15, 0.2) is 0 Å². The number of nitrogens with two attached hydrogens (primary N) is 1. The monoisotopic (exact) mass is 385 g/mol. The summed E-state index contributed by atoms with van der Waals surface area (Å²) in [6.07, 6.45) is 0. The Morgan fingerprint density at radius 1 is 1.35 bits per heavy atom. The fourth-order valence-electron chi connectivity index (χ4n) is 1.29. The number of ether oxygens (including phenoxy) is 1. The molecule has 1 rings (SSSR count). The highest BCUT2D eigenvalue weighted by Gasteiger charge is 2.13. The van der Waals surface area contributed by atoms with E-state index in [0.29, 0.717) is 5.75 Å². The van der Waals surface area contributed by atoms with Crippen molar-refractivity contribution in [1.82, 2.24) is 0 Å². The molecular weight excluding hydrogens is 374 g/mol. The number of primary sulfonamides is 1. The first-order valence-electron chi connectivity index (χ1n) is 4.87. The summed E-state index contributed by atoms with van der Waals surface area (Å²) in [5.41, 5.74) is 0. The quantitative estimate of drug-likeness (QED) is 0.845. The maximum Gasteiger partial charge on any atom is 0.209 e. The van der Waals surface area contributed by atoms with E-state index in [4.69, 9.17) is 9.88 Å². The highest BCUT2D eigenvalue weighted by molar-refractivity contribution is 9.11. The third-order valence-electron chi connectivity index (χ3n) is 1.95. The molecule has 0 aromatic heterocycles. The first-order valence-corrected chi connectivity index (χ1v) is 8.17. The molecule has 1 atom stereocenters. The van der Waals surface area contributed by atoms with E-state index in [1.807, 2.05) is 18.2 Å². The molecule has 0 aliphatic heterocycles. The summed E-state index contributed by atoms with van der Waals surface area (Å²) in [5, 5.41) is 4.96. The van der Waals surface area contributed by atoms with Crippen LogP contribution in [0.3, 0.4) is 0 Å². The number of benzene rings is 1. The Hall–Kier alpha value is -0.110. The second kappa shape index (κ2) is 6.17. The molecule has 0 amide bonds. The molecule has 0 saturated carbocycles. The fourth-order valence-corrected chi connectivity index (χ4v) is 3.41. The molecule has 0 heterocycles. The van der Waals surface area contributed by atoms with Crippen molar-refractivity contribution in [1.29, 1.82) is 0 Å². The largest absolute Gasteiger partial charge is 0.491 e. The molecule has 0 spiro atoms. The van der Waals surface area contributed by atoms with Gasteiger partial charge in [0, 0.05) is 5.92 Å². The number of sulfonamides is 1. The molecule has 0 aliphatic carbocycles. The van der Waals surface area contributed by atoms with Crippen LogP contribution in [0.1, 0.15) is 6.92 Å². The van der Waals surface area contributed by atoms with Gasteiger partial charge >= 0.3 is 0 Å². The van der Waals surface area contributed by atoms with Crippen LogP contribution in [0.15, 0.2) is 27.1 Å². The number of hydrogen-bond donors (Lipinski definition) is 1. The Labute approximate surface area is 118 Å². The van der Waals surface area contributed by atoms with Crippen LogP contribution < -0.4 is 9.88 Å². The summed E-state index contributed by atoms with van der Waals surface area (Å²) in [4.78, 5) is 0. The molecular formula is C10H13Br2NO3S. The third-order valence-corrected chi connectivity index (χ3v) is 4.23. The Morgan fingerprint density at radius 2 is 1.88 bits per heavy atom. The molecule has 1 unspecified atom stereocenters. The third kappa shape index (κ3) is 5.37. The van der Waals surface area contributed by atoms with Gasteiger partial charge in [0.05, 0.1) is 21.3 Å². The molecule has 1 aromatic carbocycles. The fraction of sp³-hybridized carbons (Fsp3) is 0.400. The van der Waals surface area contributed by atoms with E-state index in [1.165, 1.54) is 0 Å². The van der Waals surface area contributed by atoms with E-state index >= 15 is 0 Å². The van der Waals surface area contributed by atoms with Gasteiger partial charge in [-0.05, 0) is 44.0 Å². The van der Waals surface area contributed by atoms with Gasteiger partial charge in [-0.2, -0.15) is 0 Å². The standard InChI is InChI=1S/C10H13Br2NO3S/c1-7(6-17(13,14)15)5-16-10-8(11)3-2-4-9(10)12/h2-4,7H,5-6H2,1H3,(H2,13,14,15). The Balaban J connectivity index is 2.62. The van der Waals surface area contributed by atoms with Gasteiger partial charge < -0.3 is 4.74 Å². The van der Waals surface area contributed by atoms with Crippen LogP contribution >= 0.6 is 31.9 Å². The maximum absolute atomic E-state index is 10.9. The first kappa shape index (κ1) is 14.9. The van der Waals surface area contributed by atoms with Gasteiger partial charge in [-0.3, -0.25) is 0 Å². The summed E-state index contributed by atoms with van der Waals surface area (Å²) >= 11 is 6.72. The van der Waals surface area contributed by atoms with Crippen molar-refractivity contribution in [3.05, 3.63) is 27.1 Å². The molecule has 0 bridgehead atoms. The van der Waals surface area contributed by atoms with Crippen LogP contribution in [-0.2, 0) is 10.0 Å². The van der Waals surface area contributed by atoms with Gasteiger partial charge in [-0.1, -0.05) is 13.0 Å². The lowest BCUT2D eigenvalue weighted by molar-refractivity contribution is 0.269. The Kier molecular flexibility index (Phi) is 5.43. The normalized spacial score (nSPS) is 13.4. The van der Waals surface area contributed by atoms with Gasteiger partial charge in [0.25, 0.3) is 0 Å². The van der Waals surface area contributed by atoms with Crippen molar-refractivity contribution in [2.45, 2.75) is 6.92 Å². The SMILES string of the molecule is CC(COc1c(Br)cccc1Br)CS(N)(=O)=O. The summed E-state index contributed by atoms with van der Waals surface area (Å²) in [5.74, 6) is 0.410. The van der Waals surface area contributed by atoms with Gasteiger partial charge in [0.1, 0.15) is 5.75 Å². The Bertz CT molecular complexity index is 470. The highest BCUT2D eigenvalue weighted by atomic mass is 79.9. The van der Waals surface area contributed by atoms with Crippen LogP contribution in [0.5, 0.6) is 5.75 Å². The maximum atomic E-state index is 10.9. The van der Waals surface area contributed by atoms with Crippen LogP contribution in [0.4, 0.5) is 0 Å². The van der Waals surface area contributed by atoms with Crippen molar-refractivity contribution in [2.75, 3.05) is 12.4 Å². The minimum atomic E-state index is -3.45. The second-order valence-corrected chi connectivity index (χ2v) is 7.16. The van der Waals surface area contributed by atoms with Crippen LogP contribution in [0.25, 0.3) is 0 Å². The van der Waals surface area contributed by atoms with E-state index in [-0.39, 0.29) is 18.3 Å². The van der Waals surface area contributed by atoms with Crippen LogP contribution in [0, 0.1) is 5.92 Å². The van der Waals surface area contributed by atoms with Crippen molar-refractivity contribution < 1.29 is 13.2 Å². The summed E-state index contributed by atoms with van der Waals surface area (Å²) in [7, 11) is -3.45. The molecule has 96 valence electrons. The molecule has 2 N–H and O–H groups in total. The minimum absolute atomic E-state index is 0.0882. The molecule has 0 aliphatic rings. The zero-order chi connectivity index (χ0) is 13.1. The average Bonchev–Trinajstić information content (AvgIpc) is 2.14. The molecule has 7 heteroatoms. The number of rotatable bonds is 5. The number of hydrogen-bond acceptors (Lipinski definition) is 3. The smallest absolute Gasteiger partial charge is 0.209 e. The summed E-state index contributed by atoms with van der Waals surface area (Å²) < 4.78 is 29.0. The van der Waals surface area contributed by atoms with E-state index in [0.717, 1.165) is 8.95 Å². The van der Waals surface area contributed by atoms with Gasteiger partial charge in [-0.25, -0.2) is 13.6 Å². The lowest BCUT2D eigenvalue weighted by Gasteiger charge is -2.14. The number of para-hydroxylation sites is 1. The highest BCUT2D eigenvalue weighted by Crippen LogP contribution is 2.33. The lowest BCUT2D eigenvalue weighted by Crippen LogP contribution is -2.25. The molecule has 1 aromatic rings. The predicted molar refractivity (Wildman–Crippen MR) is 74.5 cm³/mol. The summed E-state index contributed by atoms with van der Waals surface area (Å²) in [6, 6.07) is 5.57. The minimum Gasteiger partial charge on any atom is -0.491 e. The zero-order valence-corrected chi connectivity index (χ0v) is 13.2. The molecule has 4 nitrogen and oxygen atoms in total. The Morgan fingerprint density at radius 3 is 2.35 bits per heavy atom. The van der Waals surface area contributed by atoms with Gasteiger partial charge in [0.2, 0.25) is 10.0 Å². The molecule has 0 fully saturated rings. The predicted octanol–water partition coefficient (Wildman–Crippen LogP) is 2.51. The van der Waals surface area contributed by atoms with Crippen molar-refractivity contribution >= 4 is 41.9 Å². The molecule has 0 saturated heterocycles. The molecule has 17 heavy (non-hydrogen) atoms. The van der Waals surface area contributed by atoms with E-state index < -0.39 is 10.0 Å². The first-order chi connectivity index (χ1) is 7.79. The van der Waals surface area contributed by atoms with Crippen molar-refractivity contribution in [3.8, 4) is 5.75 Å². The van der Waals surface area contributed by atoms with E-state index in [1.54, 1.807) is 6.92 Å². The van der Waals surface area contributed by atoms with Crippen molar-refractivity contribution in [2.24, 2.45) is 11.1 Å². The van der Waals surface area contributed by atoms with Crippen LogP contribution in [-0.4, -0.2) is 20.8 Å². The lowest BCUT2D eigenvalue weighted by atomic mass is 10.2. The van der Waals surface area contributed by atoms with E-state index in [9.17, 15) is 8.42 Å². The number of halogens is 2.